The molecule has 1 aromatic heterocycles. The molecule has 31 heavy (non-hydrogen) atoms. The summed E-state index contributed by atoms with van der Waals surface area (Å²) in [5.74, 6) is -3.41. The number of esters is 1. The van der Waals surface area contributed by atoms with Crippen molar-refractivity contribution in [3.63, 3.8) is 0 Å². The largest absolute Gasteiger partial charge is 0.462 e. The van der Waals surface area contributed by atoms with Gasteiger partial charge in [0.2, 0.25) is 5.43 Å². The Kier molecular flexibility index (Phi) is 6.08. The third-order valence-corrected chi connectivity index (χ3v) is 6.09. The van der Waals surface area contributed by atoms with Gasteiger partial charge in [0.25, 0.3) is 0 Å². The minimum atomic E-state index is -4.01. The van der Waals surface area contributed by atoms with Gasteiger partial charge in [-0.2, -0.15) is 0 Å². The van der Waals surface area contributed by atoms with E-state index in [2.05, 4.69) is 6.58 Å². The van der Waals surface area contributed by atoms with Gasteiger partial charge in [-0.15, -0.1) is 0 Å². The molecule has 0 saturated heterocycles. The highest BCUT2D eigenvalue weighted by molar-refractivity contribution is 7.91. The van der Waals surface area contributed by atoms with Gasteiger partial charge in [0.1, 0.15) is 16.6 Å². The first kappa shape index (κ1) is 22.4. The molecule has 0 spiro atoms. The standard InChI is InChI=1S/C22H19F2NO5S/c1-4-25-12-15(22(27)30-5-2)20(26)14-11-16(23)17(18(24)19(14)25)21(31(3,28)29)13-9-7-6-8-10-13/h4,6-12,21H,1,5H2,2-3H3. The second-order valence-electron chi connectivity index (χ2n) is 6.78. The van der Waals surface area contributed by atoms with Crippen LogP contribution < -0.4 is 5.43 Å². The molecule has 1 unspecified atom stereocenters. The van der Waals surface area contributed by atoms with E-state index in [9.17, 15) is 18.0 Å². The Morgan fingerprint density at radius 3 is 2.45 bits per heavy atom. The lowest BCUT2D eigenvalue weighted by molar-refractivity contribution is 0.0524. The summed E-state index contributed by atoms with van der Waals surface area (Å²) in [6, 6.07) is 8.37. The number of benzene rings is 2. The van der Waals surface area contributed by atoms with Crippen LogP contribution in [0.1, 0.15) is 33.7 Å². The molecule has 6 nitrogen and oxygen atoms in total. The van der Waals surface area contributed by atoms with Crippen LogP contribution in [0.2, 0.25) is 0 Å². The number of carbonyl (C=O) groups excluding carboxylic acids is 1. The maximum Gasteiger partial charge on any atom is 0.343 e. The normalized spacial score (nSPS) is 12.5. The van der Waals surface area contributed by atoms with Crippen molar-refractivity contribution in [2.75, 3.05) is 12.9 Å². The number of ether oxygens (including phenoxy) is 1. The minimum Gasteiger partial charge on any atom is -0.462 e. The highest BCUT2D eigenvalue weighted by Crippen LogP contribution is 2.36. The topological polar surface area (TPSA) is 82.4 Å². The van der Waals surface area contributed by atoms with E-state index in [1.165, 1.54) is 12.1 Å². The fourth-order valence-corrected chi connectivity index (χ4v) is 4.75. The summed E-state index contributed by atoms with van der Waals surface area (Å²) in [6.45, 7) is 5.08. The van der Waals surface area contributed by atoms with E-state index >= 15 is 8.78 Å². The Morgan fingerprint density at radius 1 is 1.26 bits per heavy atom. The van der Waals surface area contributed by atoms with Gasteiger partial charge in [-0.05, 0) is 18.6 Å². The number of fused-ring (bicyclic) bond motifs is 1. The summed E-state index contributed by atoms with van der Waals surface area (Å²) in [4.78, 5) is 24.9. The highest BCUT2D eigenvalue weighted by Gasteiger charge is 2.33. The minimum absolute atomic E-state index is 0.000818. The van der Waals surface area contributed by atoms with Gasteiger partial charge in [-0.1, -0.05) is 36.9 Å². The third-order valence-electron chi connectivity index (χ3n) is 4.73. The SMILES string of the molecule is C=Cn1cc(C(=O)OCC)c(=O)c2cc(F)c(C(c3ccccc3)S(C)(=O)=O)c(F)c21. The molecule has 3 aromatic rings. The second-order valence-corrected chi connectivity index (χ2v) is 8.92. The maximum absolute atomic E-state index is 15.7. The van der Waals surface area contributed by atoms with Crippen LogP contribution in [0.4, 0.5) is 8.78 Å². The number of rotatable bonds is 6. The third kappa shape index (κ3) is 4.00. The van der Waals surface area contributed by atoms with Crippen LogP contribution >= 0.6 is 0 Å². The van der Waals surface area contributed by atoms with Crippen LogP contribution in [-0.2, 0) is 14.6 Å². The molecule has 0 aliphatic heterocycles. The number of hydrogen-bond acceptors (Lipinski definition) is 5. The molecule has 3 rings (SSSR count). The molecule has 0 saturated carbocycles. The summed E-state index contributed by atoms with van der Waals surface area (Å²) in [6.07, 6.45) is 3.02. The van der Waals surface area contributed by atoms with Gasteiger partial charge in [0.05, 0.1) is 17.5 Å². The molecule has 1 heterocycles. The molecule has 0 aliphatic carbocycles. The Hall–Kier alpha value is -3.33. The van der Waals surface area contributed by atoms with Gasteiger partial charge in [-0.3, -0.25) is 4.79 Å². The summed E-state index contributed by atoms with van der Waals surface area (Å²) >= 11 is 0. The number of sulfone groups is 1. The number of hydrogen-bond donors (Lipinski definition) is 0. The van der Waals surface area contributed by atoms with Crippen LogP contribution in [-0.4, -0.2) is 31.8 Å². The fourth-order valence-electron chi connectivity index (χ4n) is 3.45. The van der Waals surface area contributed by atoms with E-state index in [0.717, 1.165) is 29.3 Å². The Morgan fingerprint density at radius 2 is 1.90 bits per heavy atom. The zero-order valence-electron chi connectivity index (χ0n) is 16.8. The number of pyridine rings is 1. The van der Waals surface area contributed by atoms with Crippen molar-refractivity contribution < 1.29 is 26.7 Å². The molecule has 0 amide bonds. The maximum atomic E-state index is 15.7. The molecule has 2 aromatic carbocycles. The number of carbonyl (C=O) groups is 1. The zero-order chi connectivity index (χ0) is 22.9. The number of halogens is 2. The van der Waals surface area contributed by atoms with Crippen molar-refractivity contribution in [3.8, 4) is 0 Å². The van der Waals surface area contributed by atoms with E-state index in [-0.39, 0.29) is 12.2 Å². The molecule has 9 heteroatoms. The van der Waals surface area contributed by atoms with Crippen molar-refractivity contribution in [1.29, 1.82) is 0 Å². The van der Waals surface area contributed by atoms with Crippen LogP contribution in [0.5, 0.6) is 0 Å². The molecule has 0 bridgehead atoms. The van der Waals surface area contributed by atoms with Crippen molar-refractivity contribution in [2.45, 2.75) is 12.2 Å². The van der Waals surface area contributed by atoms with Gasteiger partial charge >= 0.3 is 5.97 Å². The monoisotopic (exact) mass is 447 g/mol. The van der Waals surface area contributed by atoms with Gasteiger partial charge < -0.3 is 9.30 Å². The number of aromatic nitrogens is 1. The molecular weight excluding hydrogens is 428 g/mol. The predicted octanol–water partition coefficient (Wildman–Crippen LogP) is 3.69. The van der Waals surface area contributed by atoms with Crippen molar-refractivity contribution in [1.82, 2.24) is 4.57 Å². The van der Waals surface area contributed by atoms with E-state index in [4.69, 9.17) is 4.74 Å². The average Bonchev–Trinajstić information content (AvgIpc) is 2.71. The summed E-state index contributed by atoms with van der Waals surface area (Å²) in [5.41, 5.74) is -2.32. The lowest BCUT2D eigenvalue weighted by Gasteiger charge is -2.20. The van der Waals surface area contributed by atoms with Gasteiger partial charge in [0, 0.05) is 24.2 Å². The lowest BCUT2D eigenvalue weighted by Crippen LogP contribution is -2.22. The first-order valence-corrected chi connectivity index (χ1v) is 11.2. The quantitative estimate of drug-likeness (QED) is 0.539. The molecular formula is C22H19F2NO5S. The first-order chi connectivity index (χ1) is 14.6. The van der Waals surface area contributed by atoms with E-state index < -0.39 is 60.1 Å². The Balaban J connectivity index is 2.43. The van der Waals surface area contributed by atoms with E-state index in [1.54, 1.807) is 25.1 Å². The molecule has 1 atom stereocenters. The van der Waals surface area contributed by atoms with Crippen LogP contribution in [0, 0.1) is 11.6 Å². The molecule has 162 valence electrons. The number of nitrogens with zero attached hydrogens (tertiary/aromatic N) is 1. The highest BCUT2D eigenvalue weighted by atomic mass is 32.2. The fraction of sp³-hybridized carbons (Fsp3) is 0.182. The van der Waals surface area contributed by atoms with E-state index in [0.29, 0.717) is 0 Å². The summed E-state index contributed by atoms with van der Waals surface area (Å²) in [7, 11) is -4.01. The van der Waals surface area contributed by atoms with Gasteiger partial charge in [-0.25, -0.2) is 22.0 Å². The van der Waals surface area contributed by atoms with Crippen LogP contribution in [0.25, 0.3) is 17.1 Å². The predicted molar refractivity (Wildman–Crippen MR) is 114 cm³/mol. The van der Waals surface area contributed by atoms with Crippen LogP contribution in [0.3, 0.4) is 0 Å². The molecule has 0 N–H and O–H groups in total. The smallest absolute Gasteiger partial charge is 0.343 e. The second kappa shape index (κ2) is 8.43. The molecule has 0 fully saturated rings. The summed E-state index contributed by atoms with van der Waals surface area (Å²) < 4.78 is 61.7. The average molecular weight is 447 g/mol. The molecule has 0 aliphatic rings. The zero-order valence-corrected chi connectivity index (χ0v) is 17.6. The van der Waals surface area contributed by atoms with Crippen molar-refractivity contribution >= 4 is 32.9 Å². The molecule has 0 radical (unpaired) electrons. The lowest BCUT2D eigenvalue weighted by atomic mass is 10.00. The van der Waals surface area contributed by atoms with Crippen LogP contribution in [0.15, 0.2) is 54.0 Å². The van der Waals surface area contributed by atoms with Gasteiger partial charge in [0.15, 0.2) is 15.7 Å². The Labute approximate surface area is 177 Å². The Bertz CT molecular complexity index is 1350. The first-order valence-electron chi connectivity index (χ1n) is 9.22. The van der Waals surface area contributed by atoms with Crippen molar-refractivity contribution in [3.05, 3.63) is 87.7 Å². The van der Waals surface area contributed by atoms with E-state index in [1.807, 2.05) is 0 Å². The summed E-state index contributed by atoms with van der Waals surface area (Å²) in [5, 5.41) is -2.08. The van der Waals surface area contributed by atoms with Crippen molar-refractivity contribution in [2.24, 2.45) is 0 Å².